The third-order valence-corrected chi connectivity index (χ3v) is 4.81. The lowest BCUT2D eigenvalue weighted by atomic mass is 9.95. The Morgan fingerprint density at radius 2 is 1.90 bits per heavy atom. The third kappa shape index (κ3) is 3.22. The van der Waals surface area contributed by atoms with Crippen LogP contribution in [0, 0.1) is 10.1 Å². The van der Waals surface area contributed by atoms with Gasteiger partial charge in [-0.1, -0.05) is 12.1 Å². The van der Waals surface area contributed by atoms with E-state index in [1.807, 2.05) is 28.8 Å². The number of nitro benzene ring substituents is 1. The Balaban J connectivity index is 1.93. The van der Waals surface area contributed by atoms with Crippen molar-refractivity contribution in [2.45, 2.75) is 32.9 Å². The molecule has 0 unspecified atom stereocenters. The smallest absolute Gasteiger partial charge is 0.338 e. The summed E-state index contributed by atoms with van der Waals surface area (Å²) < 4.78 is 7.43. The molecule has 4 rings (SSSR count). The van der Waals surface area contributed by atoms with Gasteiger partial charge in [0.05, 0.1) is 33.7 Å². The number of allylic oxidation sites excluding steroid dienone is 1. The second-order valence-electron chi connectivity index (χ2n) is 7.16. The molecule has 1 N–H and O–H groups in total. The maximum atomic E-state index is 13.0. The summed E-state index contributed by atoms with van der Waals surface area (Å²) in [4.78, 5) is 28.2. The van der Waals surface area contributed by atoms with Gasteiger partial charge in [-0.05, 0) is 50.6 Å². The summed E-state index contributed by atoms with van der Waals surface area (Å²) in [6, 6.07) is 13.3. The van der Waals surface area contributed by atoms with Crippen molar-refractivity contribution in [1.29, 1.82) is 0 Å². The fraction of sp³-hybridized carbons (Fsp3) is 0.238. The normalized spacial score (nSPS) is 15.9. The molecule has 3 aromatic rings. The van der Waals surface area contributed by atoms with Crippen LogP contribution in [0.25, 0.3) is 11.0 Å². The predicted octanol–water partition coefficient (Wildman–Crippen LogP) is 4.19. The molecule has 29 heavy (non-hydrogen) atoms. The van der Waals surface area contributed by atoms with Gasteiger partial charge in [-0.25, -0.2) is 9.78 Å². The van der Waals surface area contributed by atoms with Crippen molar-refractivity contribution in [1.82, 2.24) is 9.55 Å². The highest BCUT2D eigenvalue weighted by Crippen LogP contribution is 2.39. The maximum absolute atomic E-state index is 13.0. The van der Waals surface area contributed by atoms with Gasteiger partial charge >= 0.3 is 5.97 Å². The Labute approximate surface area is 167 Å². The van der Waals surface area contributed by atoms with Crippen LogP contribution < -0.4 is 5.32 Å². The minimum absolute atomic E-state index is 0.00888. The first-order valence-corrected chi connectivity index (χ1v) is 9.27. The van der Waals surface area contributed by atoms with Gasteiger partial charge in [0.15, 0.2) is 0 Å². The second-order valence-corrected chi connectivity index (χ2v) is 7.16. The molecule has 0 saturated heterocycles. The molecule has 0 spiro atoms. The maximum Gasteiger partial charge on any atom is 0.338 e. The summed E-state index contributed by atoms with van der Waals surface area (Å²) in [7, 11) is 0. The van der Waals surface area contributed by atoms with Crippen molar-refractivity contribution in [3.8, 4) is 0 Å². The van der Waals surface area contributed by atoms with Gasteiger partial charge in [-0.3, -0.25) is 14.7 Å². The molecule has 0 aliphatic carbocycles. The fourth-order valence-electron chi connectivity index (χ4n) is 3.60. The molecule has 148 valence electrons. The summed E-state index contributed by atoms with van der Waals surface area (Å²) in [5.74, 6) is 0.171. The first kappa shape index (κ1) is 18.7. The summed E-state index contributed by atoms with van der Waals surface area (Å²) in [5, 5.41) is 14.3. The lowest BCUT2D eigenvalue weighted by Crippen LogP contribution is -2.30. The second kappa shape index (κ2) is 7.05. The SMILES string of the molecule is CC1=C(C(=O)OC(C)C)[C@@H](c2ccc([N+](=O)[O-])cc2)n2c(nc3ccccc32)N1. The number of nitrogens with one attached hydrogen (secondary N) is 1. The number of para-hydroxylation sites is 2. The number of imidazole rings is 1. The minimum atomic E-state index is -0.522. The van der Waals surface area contributed by atoms with Crippen LogP contribution in [0.1, 0.15) is 32.4 Å². The molecule has 2 heterocycles. The largest absolute Gasteiger partial charge is 0.459 e. The van der Waals surface area contributed by atoms with Crippen LogP contribution in [-0.2, 0) is 9.53 Å². The average Bonchev–Trinajstić information content (AvgIpc) is 3.04. The van der Waals surface area contributed by atoms with Gasteiger partial charge < -0.3 is 10.1 Å². The summed E-state index contributed by atoms with van der Waals surface area (Å²) in [6.45, 7) is 5.39. The highest BCUT2D eigenvalue weighted by Gasteiger charge is 2.35. The zero-order chi connectivity index (χ0) is 20.7. The highest BCUT2D eigenvalue weighted by molar-refractivity contribution is 5.94. The molecule has 1 aromatic heterocycles. The first-order valence-electron chi connectivity index (χ1n) is 9.27. The molecule has 0 bridgehead atoms. The summed E-state index contributed by atoms with van der Waals surface area (Å²) in [5.41, 5.74) is 3.45. The molecule has 2 aromatic carbocycles. The number of nitro groups is 1. The van der Waals surface area contributed by atoms with Crippen LogP contribution in [0.2, 0.25) is 0 Å². The van der Waals surface area contributed by atoms with Crippen LogP contribution in [0.4, 0.5) is 11.6 Å². The quantitative estimate of drug-likeness (QED) is 0.406. The van der Waals surface area contributed by atoms with Gasteiger partial charge in [0.25, 0.3) is 5.69 Å². The first-order chi connectivity index (χ1) is 13.9. The number of ether oxygens (including phenoxy) is 1. The van der Waals surface area contributed by atoms with Crippen molar-refractivity contribution in [3.05, 3.63) is 75.5 Å². The standard InChI is InChI=1S/C21H20N4O4/c1-12(2)29-20(26)18-13(3)22-21-23-16-6-4-5-7-17(16)24(21)19(18)14-8-10-15(11-9-14)25(27)28/h4-12,19H,1-3H3,(H,22,23)/t19-/m1/s1. The highest BCUT2D eigenvalue weighted by atomic mass is 16.6. The van der Waals surface area contributed by atoms with E-state index in [4.69, 9.17) is 4.74 Å². The lowest BCUT2D eigenvalue weighted by Gasteiger charge is -2.30. The zero-order valence-electron chi connectivity index (χ0n) is 16.2. The van der Waals surface area contributed by atoms with E-state index in [0.29, 0.717) is 17.2 Å². The van der Waals surface area contributed by atoms with Crippen LogP contribution in [0.15, 0.2) is 59.8 Å². The number of anilines is 1. The number of carbonyl (C=O) groups excluding carboxylic acids is 1. The molecule has 0 amide bonds. The Bertz CT molecular complexity index is 1150. The number of hydrogen-bond donors (Lipinski definition) is 1. The molecular formula is C21H20N4O4. The van der Waals surface area contributed by atoms with E-state index in [9.17, 15) is 14.9 Å². The van der Waals surface area contributed by atoms with E-state index < -0.39 is 16.9 Å². The third-order valence-electron chi connectivity index (χ3n) is 4.81. The number of fused-ring (bicyclic) bond motifs is 3. The molecule has 1 aliphatic rings. The van der Waals surface area contributed by atoms with Crippen molar-refractivity contribution in [2.24, 2.45) is 0 Å². The summed E-state index contributed by atoms with van der Waals surface area (Å²) in [6.07, 6.45) is -0.277. The molecule has 1 atom stereocenters. The van der Waals surface area contributed by atoms with Crippen LogP contribution in [0.3, 0.4) is 0 Å². The minimum Gasteiger partial charge on any atom is -0.459 e. The van der Waals surface area contributed by atoms with Crippen molar-refractivity contribution >= 4 is 28.6 Å². The van der Waals surface area contributed by atoms with E-state index in [0.717, 1.165) is 16.6 Å². The summed E-state index contributed by atoms with van der Waals surface area (Å²) >= 11 is 0. The van der Waals surface area contributed by atoms with Crippen LogP contribution in [0.5, 0.6) is 0 Å². The number of rotatable bonds is 4. The van der Waals surface area contributed by atoms with E-state index in [2.05, 4.69) is 10.3 Å². The molecule has 0 saturated carbocycles. The number of non-ortho nitro benzene ring substituents is 1. The number of hydrogen-bond acceptors (Lipinski definition) is 6. The topological polar surface area (TPSA) is 99.3 Å². The number of benzene rings is 2. The monoisotopic (exact) mass is 392 g/mol. The lowest BCUT2D eigenvalue weighted by molar-refractivity contribution is -0.384. The Hall–Kier alpha value is -3.68. The van der Waals surface area contributed by atoms with Gasteiger partial charge in [0.1, 0.15) is 0 Å². The van der Waals surface area contributed by atoms with E-state index in [-0.39, 0.29) is 11.8 Å². The van der Waals surface area contributed by atoms with E-state index in [1.54, 1.807) is 32.9 Å². The van der Waals surface area contributed by atoms with Crippen molar-refractivity contribution in [3.63, 3.8) is 0 Å². The molecular weight excluding hydrogens is 372 g/mol. The predicted molar refractivity (Wildman–Crippen MR) is 109 cm³/mol. The Morgan fingerprint density at radius 3 is 2.55 bits per heavy atom. The molecule has 1 aliphatic heterocycles. The molecule has 8 heteroatoms. The van der Waals surface area contributed by atoms with Crippen molar-refractivity contribution < 1.29 is 14.5 Å². The Kier molecular flexibility index (Phi) is 4.54. The van der Waals surface area contributed by atoms with E-state index in [1.165, 1.54) is 12.1 Å². The van der Waals surface area contributed by atoms with Gasteiger partial charge in [-0.2, -0.15) is 0 Å². The average molecular weight is 392 g/mol. The number of carbonyl (C=O) groups is 1. The number of aromatic nitrogens is 2. The van der Waals surface area contributed by atoms with Gasteiger partial charge in [-0.15, -0.1) is 0 Å². The van der Waals surface area contributed by atoms with Crippen molar-refractivity contribution in [2.75, 3.05) is 5.32 Å². The molecule has 0 radical (unpaired) electrons. The zero-order valence-corrected chi connectivity index (χ0v) is 16.2. The van der Waals surface area contributed by atoms with Gasteiger partial charge in [0.2, 0.25) is 5.95 Å². The Morgan fingerprint density at radius 1 is 1.21 bits per heavy atom. The van der Waals surface area contributed by atoms with Gasteiger partial charge in [0, 0.05) is 17.8 Å². The number of nitrogens with zero attached hydrogens (tertiary/aromatic N) is 3. The number of esters is 1. The molecule has 0 fully saturated rings. The van der Waals surface area contributed by atoms with Crippen LogP contribution in [-0.4, -0.2) is 26.5 Å². The fourth-order valence-corrected chi connectivity index (χ4v) is 3.60. The van der Waals surface area contributed by atoms with Crippen LogP contribution >= 0.6 is 0 Å². The molecule has 8 nitrogen and oxygen atoms in total. The van der Waals surface area contributed by atoms with E-state index >= 15 is 0 Å².